The van der Waals surface area contributed by atoms with Gasteiger partial charge in [0.1, 0.15) is 0 Å². The van der Waals surface area contributed by atoms with Crippen LogP contribution in [0, 0.1) is 6.92 Å². The highest BCUT2D eigenvalue weighted by Crippen LogP contribution is 2.40. The van der Waals surface area contributed by atoms with Crippen molar-refractivity contribution in [2.24, 2.45) is 0 Å². The van der Waals surface area contributed by atoms with Gasteiger partial charge in [0, 0.05) is 29.2 Å². The van der Waals surface area contributed by atoms with Crippen LogP contribution in [0.4, 0.5) is 18.9 Å². The normalized spacial score (nSPS) is 12.8. The summed E-state index contributed by atoms with van der Waals surface area (Å²) in [7, 11) is 0. The molecular weight excluding hydrogens is 749 g/mol. The summed E-state index contributed by atoms with van der Waals surface area (Å²) in [5.41, 5.74) is 4.62. The Bertz CT molecular complexity index is 2220. The summed E-state index contributed by atoms with van der Waals surface area (Å²) in [6.45, 7) is 7.97. The van der Waals surface area contributed by atoms with Gasteiger partial charge in [-0.05, 0) is 99.7 Å². The van der Waals surface area contributed by atoms with E-state index in [0.717, 1.165) is 17.2 Å². The van der Waals surface area contributed by atoms with Gasteiger partial charge in [0.05, 0.1) is 11.5 Å². The number of amides is 2. The summed E-state index contributed by atoms with van der Waals surface area (Å²) in [6.07, 6.45) is -4.87. The Hall–Kier alpha value is -5.10. The zero-order valence-electron chi connectivity index (χ0n) is 30.6. The van der Waals surface area contributed by atoms with Crippen molar-refractivity contribution in [2.75, 3.05) is 11.9 Å². The monoisotopic (exact) mass is 788 g/mol. The molecule has 0 bridgehead atoms. The lowest BCUT2D eigenvalue weighted by molar-refractivity contribution is -0.137. The second kappa shape index (κ2) is 17.1. The van der Waals surface area contributed by atoms with Gasteiger partial charge in [-0.15, -0.1) is 0 Å². The van der Waals surface area contributed by atoms with Gasteiger partial charge in [0.2, 0.25) is 22.1 Å². The zero-order chi connectivity index (χ0) is 40.1. The van der Waals surface area contributed by atoms with Crippen molar-refractivity contribution < 1.29 is 36.3 Å². The first-order valence-corrected chi connectivity index (χ1v) is 18.9. The highest BCUT2D eigenvalue weighted by Gasteiger charge is 2.35. The number of benzene rings is 5. The maximum atomic E-state index is 14.5. The molecule has 286 valence electrons. The van der Waals surface area contributed by atoms with Crippen molar-refractivity contribution >= 4 is 45.3 Å². The van der Waals surface area contributed by atoms with Crippen molar-refractivity contribution in [3.05, 3.63) is 148 Å². The molecule has 0 aliphatic rings. The number of hydrogen-bond donors (Lipinski definition) is 3. The fourth-order valence-corrected chi connectivity index (χ4v) is 6.68. The van der Waals surface area contributed by atoms with E-state index in [-0.39, 0.29) is 41.6 Å². The summed E-state index contributed by atoms with van der Waals surface area (Å²) >= 11 is 3.44. The molecular formula is C43H40ClF3N2O5S. The topological polar surface area (TPSA) is 113 Å². The van der Waals surface area contributed by atoms with Crippen LogP contribution in [0.2, 0.25) is 5.02 Å². The Kier molecular flexibility index (Phi) is 12.8. The molecule has 5 aromatic carbocycles. The molecule has 0 heterocycles. The molecule has 3 N–H and O–H groups in total. The third kappa shape index (κ3) is 10.6. The molecule has 2 amide bonds. The number of alkyl halides is 3. The molecule has 0 fully saturated rings. The average Bonchev–Trinajstić information content (AvgIpc) is 3.13. The van der Waals surface area contributed by atoms with Crippen molar-refractivity contribution in [1.29, 1.82) is 0 Å². The third-order valence-electron chi connectivity index (χ3n) is 9.25. The maximum absolute atomic E-state index is 14.5. The van der Waals surface area contributed by atoms with Crippen molar-refractivity contribution in [2.45, 2.75) is 58.0 Å². The SMILES string of the molecule is Cc1cc(Cl)ccc1-c1ccc(NC(=O)C(Cc2ccc(C(=O)NCCC(=O)S(=O)O)cc2)c2ccc(-c3ccc(C(C)(C)C)cc3)cc2)cc1C(F)(F)F. The van der Waals surface area contributed by atoms with Crippen LogP contribution in [0.1, 0.15) is 71.3 Å². The van der Waals surface area contributed by atoms with E-state index < -0.39 is 45.7 Å². The molecule has 7 nitrogen and oxygen atoms in total. The molecule has 2 unspecified atom stereocenters. The predicted octanol–water partition coefficient (Wildman–Crippen LogP) is 10.1. The molecule has 2 atom stereocenters. The first-order chi connectivity index (χ1) is 25.9. The quantitative estimate of drug-likeness (QED) is 0.115. The van der Waals surface area contributed by atoms with Gasteiger partial charge in [-0.1, -0.05) is 105 Å². The lowest BCUT2D eigenvalue weighted by atomic mass is 9.86. The van der Waals surface area contributed by atoms with Gasteiger partial charge < -0.3 is 15.2 Å². The van der Waals surface area contributed by atoms with E-state index in [0.29, 0.717) is 27.3 Å². The number of hydrogen-bond acceptors (Lipinski definition) is 4. The zero-order valence-corrected chi connectivity index (χ0v) is 32.2. The maximum Gasteiger partial charge on any atom is 0.417 e. The lowest BCUT2D eigenvalue weighted by Crippen LogP contribution is -2.26. The predicted molar refractivity (Wildman–Crippen MR) is 211 cm³/mol. The molecule has 55 heavy (non-hydrogen) atoms. The first kappa shape index (κ1) is 41.1. The molecule has 0 aliphatic heterocycles. The molecule has 0 radical (unpaired) electrons. The van der Waals surface area contributed by atoms with Gasteiger partial charge in [-0.2, -0.15) is 13.2 Å². The lowest BCUT2D eigenvalue weighted by Gasteiger charge is -2.21. The number of rotatable bonds is 11. The summed E-state index contributed by atoms with van der Waals surface area (Å²) in [6, 6.07) is 30.5. The number of anilines is 1. The Morgan fingerprint density at radius 2 is 1.40 bits per heavy atom. The van der Waals surface area contributed by atoms with Gasteiger partial charge in [0.25, 0.3) is 5.91 Å². The number of halogens is 4. The van der Waals surface area contributed by atoms with E-state index in [1.54, 1.807) is 37.3 Å². The molecule has 0 spiro atoms. The second-order valence-corrected chi connectivity index (χ2v) is 15.6. The average molecular weight is 789 g/mol. The fraction of sp³-hybridized carbons (Fsp3) is 0.233. The van der Waals surface area contributed by atoms with Crippen LogP contribution in [-0.2, 0) is 38.7 Å². The molecule has 12 heteroatoms. The van der Waals surface area contributed by atoms with Crippen molar-refractivity contribution in [1.82, 2.24) is 5.32 Å². The molecule has 5 rings (SSSR count). The van der Waals surface area contributed by atoms with Crippen LogP contribution in [0.25, 0.3) is 22.3 Å². The minimum atomic E-state index is -4.72. The molecule has 5 aromatic rings. The Labute approximate surface area is 325 Å². The molecule has 0 saturated heterocycles. The highest BCUT2D eigenvalue weighted by molar-refractivity contribution is 7.95. The van der Waals surface area contributed by atoms with Gasteiger partial charge >= 0.3 is 6.18 Å². The van der Waals surface area contributed by atoms with Crippen LogP contribution in [0.3, 0.4) is 0 Å². The minimum absolute atomic E-state index is 0.00958. The first-order valence-electron chi connectivity index (χ1n) is 17.4. The number of aryl methyl sites for hydroxylation is 1. The van der Waals surface area contributed by atoms with E-state index >= 15 is 0 Å². The third-order valence-corrected chi connectivity index (χ3v) is 10.1. The minimum Gasteiger partial charge on any atom is -0.352 e. The van der Waals surface area contributed by atoms with Crippen LogP contribution in [0.5, 0.6) is 0 Å². The van der Waals surface area contributed by atoms with Crippen LogP contribution in [-0.4, -0.2) is 32.2 Å². The van der Waals surface area contributed by atoms with E-state index in [1.165, 1.54) is 29.8 Å². The van der Waals surface area contributed by atoms with Gasteiger partial charge in [-0.3, -0.25) is 14.4 Å². The molecule has 0 aromatic heterocycles. The van der Waals surface area contributed by atoms with Gasteiger partial charge in [0.15, 0.2) is 0 Å². The standard InChI is InChI=1S/C43H40ClF3N2O5S/c1-26-23-33(44)17-19-35(26)36-20-18-34(25-38(36)43(45,46)47)49-41(52)37(24-27-5-7-31(8-6-27)40(51)48-22-21-39(50)55(53)54)30-11-9-28(10-12-30)29-13-15-32(16-14-29)42(2,3)4/h5-20,23,25,37H,21-22,24H2,1-4H3,(H,48,51)(H,49,52)(H,53,54). The summed E-state index contributed by atoms with van der Waals surface area (Å²) < 4.78 is 63.1. The van der Waals surface area contributed by atoms with E-state index in [4.69, 9.17) is 16.2 Å². The molecule has 0 aliphatic carbocycles. The number of nitrogens with one attached hydrogen (secondary N) is 2. The highest BCUT2D eigenvalue weighted by atomic mass is 35.5. The number of carbonyl (C=O) groups is 3. The summed E-state index contributed by atoms with van der Waals surface area (Å²) in [4.78, 5) is 38.1. The largest absolute Gasteiger partial charge is 0.417 e. The second-order valence-electron chi connectivity index (χ2n) is 14.2. The molecule has 0 saturated carbocycles. The fourth-order valence-electron chi connectivity index (χ4n) is 6.18. The van der Waals surface area contributed by atoms with Crippen LogP contribution >= 0.6 is 11.6 Å². The Balaban J connectivity index is 1.43. The van der Waals surface area contributed by atoms with Crippen LogP contribution < -0.4 is 10.6 Å². The van der Waals surface area contributed by atoms with E-state index in [2.05, 4.69) is 43.5 Å². The number of carbonyl (C=O) groups excluding carboxylic acids is 3. The summed E-state index contributed by atoms with van der Waals surface area (Å²) in [5.74, 6) is -1.87. The van der Waals surface area contributed by atoms with Gasteiger partial charge in [-0.25, -0.2) is 4.21 Å². The van der Waals surface area contributed by atoms with Crippen molar-refractivity contribution in [3.63, 3.8) is 0 Å². The van der Waals surface area contributed by atoms with Crippen LogP contribution in [0.15, 0.2) is 109 Å². The van der Waals surface area contributed by atoms with E-state index in [1.807, 2.05) is 36.4 Å². The smallest absolute Gasteiger partial charge is 0.352 e. The Morgan fingerprint density at radius 1 is 0.800 bits per heavy atom. The Morgan fingerprint density at radius 3 is 1.96 bits per heavy atom. The summed E-state index contributed by atoms with van der Waals surface area (Å²) in [5, 5.41) is 4.74. The van der Waals surface area contributed by atoms with E-state index in [9.17, 15) is 31.8 Å². The van der Waals surface area contributed by atoms with Crippen molar-refractivity contribution in [3.8, 4) is 22.3 Å².